The van der Waals surface area contributed by atoms with Crippen LogP contribution in [0.1, 0.15) is 39.5 Å². The first-order valence-electron chi connectivity index (χ1n) is 4.27. The average Bonchev–Trinajstić information content (AvgIpc) is 1.88. The fraction of sp³-hybridized carbons (Fsp3) is 0.800. The zero-order valence-corrected chi connectivity index (χ0v) is 7.19. The van der Waals surface area contributed by atoms with Crippen molar-refractivity contribution in [3.63, 3.8) is 0 Å². The lowest BCUT2D eigenvalue weighted by molar-refractivity contribution is 0.214. The largest absolute Gasteiger partial charge is 0.103 e. The van der Waals surface area contributed by atoms with Gasteiger partial charge in [-0.2, -0.15) is 0 Å². The maximum atomic E-state index is 3.83. The first kappa shape index (κ1) is 7.84. The Morgan fingerprint density at radius 2 is 1.80 bits per heavy atom. The predicted molar refractivity (Wildman–Crippen MR) is 45.9 cm³/mol. The van der Waals surface area contributed by atoms with Crippen LogP contribution >= 0.6 is 0 Å². The number of allylic oxidation sites excluding steroid dienone is 1. The molecule has 1 saturated carbocycles. The van der Waals surface area contributed by atoms with Gasteiger partial charge in [-0.25, -0.2) is 0 Å². The van der Waals surface area contributed by atoms with Crippen molar-refractivity contribution in [3.8, 4) is 0 Å². The monoisotopic (exact) mass is 138 g/mol. The molecule has 1 rings (SSSR count). The van der Waals surface area contributed by atoms with Crippen molar-refractivity contribution >= 4 is 0 Å². The third-order valence-electron chi connectivity index (χ3n) is 2.72. The van der Waals surface area contributed by atoms with Crippen LogP contribution in [0.15, 0.2) is 12.7 Å². The standard InChI is InChI=1S/C10H18/c1-4-9-5-7-10(2,3)8-6-9/h4,9H,1,5-8H2,2-3H3. The Morgan fingerprint density at radius 1 is 1.30 bits per heavy atom. The zero-order chi connectivity index (χ0) is 7.61. The van der Waals surface area contributed by atoms with Crippen LogP contribution in [0.2, 0.25) is 0 Å². The van der Waals surface area contributed by atoms with Crippen LogP contribution in [0.25, 0.3) is 0 Å². The summed E-state index contributed by atoms with van der Waals surface area (Å²) >= 11 is 0. The van der Waals surface area contributed by atoms with Crippen LogP contribution in [0.4, 0.5) is 0 Å². The van der Waals surface area contributed by atoms with E-state index in [9.17, 15) is 0 Å². The molecule has 0 aromatic rings. The van der Waals surface area contributed by atoms with E-state index in [2.05, 4.69) is 26.5 Å². The van der Waals surface area contributed by atoms with E-state index in [4.69, 9.17) is 0 Å². The normalized spacial score (nSPS) is 26.2. The molecule has 1 aliphatic rings. The Labute approximate surface area is 64.3 Å². The van der Waals surface area contributed by atoms with Gasteiger partial charge in [-0.15, -0.1) is 6.58 Å². The molecule has 0 heterocycles. The highest BCUT2D eigenvalue weighted by Crippen LogP contribution is 2.38. The summed E-state index contributed by atoms with van der Waals surface area (Å²) < 4.78 is 0. The molecule has 0 amide bonds. The Kier molecular flexibility index (Phi) is 2.18. The maximum absolute atomic E-state index is 3.83. The Bertz CT molecular complexity index is 112. The summed E-state index contributed by atoms with van der Waals surface area (Å²) in [5.41, 5.74) is 0.611. The van der Waals surface area contributed by atoms with E-state index < -0.39 is 0 Å². The highest BCUT2D eigenvalue weighted by Gasteiger charge is 2.24. The molecule has 1 aliphatic carbocycles. The average molecular weight is 138 g/mol. The van der Waals surface area contributed by atoms with Crippen LogP contribution in [-0.2, 0) is 0 Å². The van der Waals surface area contributed by atoms with Gasteiger partial charge in [0.05, 0.1) is 0 Å². The fourth-order valence-electron chi connectivity index (χ4n) is 1.66. The second-order valence-corrected chi connectivity index (χ2v) is 4.24. The van der Waals surface area contributed by atoms with Crippen molar-refractivity contribution in [2.75, 3.05) is 0 Å². The van der Waals surface area contributed by atoms with Gasteiger partial charge in [0.2, 0.25) is 0 Å². The maximum Gasteiger partial charge on any atom is -0.0236 e. The van der Waals surface area contributed by atoms with Crippen LogP contribution in [0.5, 0.6) is 0 Å². The van der Waals surface area contributed by atoms with Crippen molar-refractivity contribution in [2.24, 2.45) is 11.3 Å². The van der Waals surface area contributed by atoms with Crippen LogP contribution < -0.4 is 0 Å². The number of rotatable bonds is 1. The summed E-state index contributed by atoms with van der Waals surface area (Å²) in [6.07, 6.45) is 7.59. The molecule has 0 bridgehead atoms. The van der Waals surface area contributed by atoms with E-state index in [0.29, 0.717) is 5.41 Å². The minimum Gasteiger partial charge on any atom is -0.103 e. The molecule has 0 aromatic carbocycles. The molecule has 0 aliphatic heterocycles. The molecule has 0 N–H and O–H groups in total. The van der Waals surface area contributed by atoms with Gasteiger partial charge in [-0.05, 0) is 37.0 Å². The van der Waals surface area contributed by atoms with E-state index in [-0.39, 0.29) is 0 Å². The summed E-state index contributed by atoms with van der Waals surface area (Å²) in [4.78, 5) is 0. The second-order valence-electron chi connectivity index (χ2n) is 4.24. The van der Waals surface area contributed by atoms with Crippen LogP contribution in [0.3, 0.4) is 0 Å². The summed E-state index contributed by atoms with van der Waals surface area (Å²) in [6, 6.07) is 0. The summed E-state index contributed by atoms with van der Waals surface area (Å²) in [5, 5.41) is 0. The smallest absolute Gasteiger partial charge is 0.0236 e. The Morgan fingerprint density at radius 3 is 2.20 bits per heavy atom. The lowest BCUT2D eigenvalue weighted by Crippen LogP contribution is -2.19. The lowest BCUT2D eigenvalue weighted by Gasteiger charge is -2.32. The minimum atomic E-state index is 0.611. The topological polar surface area (TPSA) is 0 Å². The third-order valence-corrected chi connectivity index (χ3v) is 2.72. The quantitative estimate of drug-likeness (QED) is 0.487. The highest BCUT2D eigenvalue weighted by atomic mass is 14.3. The van der Waals surface area contributed by atoms with E-state index in [1.54, 1.807) is 0 Å². The zero-order valence-electron chi connectivity index (χ0n) is 7.19. The van der Waals surface area contributed by atoms with Crippen molar-refractivity contribution in [1.29, 1.82) is 0 Å². The third kappa shape index (κ3) is 1.86. The van der Waals surface area contributed by atoms with Crippen molar-refractivity contribution in [2.45, 2.75) is 39.5 Å². The summed E-state index contributed by atoms with van der Waals surface area (Å²) in [7, 11) is 0. The van der Waals surface area contributed by atoms with Crippen molar-refractivity contribution in [3.05, 3.63) is 12.7 Å². The second kappa shape index (κ2) is 2.77. The predicted octanol–water partition coefficient (Wildman–Crippen LogP) is 3.39. The Hall–Kier alpha value is -0.260. The molecule has 10 heavy (non-hydrogen) atoms. The van der Waals surface area contributed by atoms with Crippen LogP contribution in [-0.4, -0.2) is 0 Å². The number of hydrogen-bond acceptors (Lipinski definition) is 0. The highest BCUT2D eigenvalue weighted by molar-refractivity contribution is 4.86. The molecule has 1 fully saturated rings. The van der Waals surface area contributed by atoms with E-state index in [0.717, 1.165) is 5.92 Å². The van der Waals surface area contributed by atoms with Gasteiger partial charge in [0.1, 0.15) is 0 Å². The molecular weight excluding hydrogens is 120 g/mol. The molecule has 0 aromatic heterocycles. The van der Waals surface area contributed by atoms with Gasteiger partial charge in [0.15, 0.2) is 0 Å². The van der Waals surface area contributed by atoms with Gasteiger partial charge in [-0.1, -0.05) is 19.9 Å². The molecule has 0 nitrogen and oxygen atoms in total. The lowest BCUT2D eigenvalue weighted by atomic mass is 9.73. The van der Waals surface area contributed by atoms with E-state index >= 15 is 0 Å². The van der Waals surface area contributed by atoms with Gasteiger partial charge in [0.25, 0.3) is 0 Å². The molecule has 0 radical (unpaired) electrons. The Balaban J connectivity index is 2.38. The van der Waals surface area contributed by atoms with Gasteiger partial charge >= 0.3 is 0 Å². The molecule has 58 valence electrons. The molecule has 0 unspecified atom stereocenters. The van der Waals surface area contributed by atoms with Crippen molar-refractivity contribution in [1.82, 2.24) is 0 Å². The molecule has 0 spiro atoms. The van der Waals surface area contributed by atoms with Gasteiger partial charge in [-0.3, -0.25) is 0 Å². The van der Waals surface area contributed by atoms with E-state index in [1.807, 2.05) is 0 Å². The van der Waals surface area contributed by atoms with Gasteiger partial charge in [0, 0.05) is 0 Å². The summed E-state index contributed by atoms with van der Waals surface area (Å²) in [6.45, 7) is 8.57. The number of hydrogen-bond donors (Lipinski definition) is 0. The first-order valence-corrected chi connectivity index (χ1v) is 4.27. The summed E-state index contributed by atoms with van der Waals surface area (Å²) in [5.74, 6) is 0.813. The molecule has 0 heteroatoms. The van der Waals surface area contributed by atoms with Crippen molar-refractivity contribution < 1.29 is 0 Å². The molecule has 0 atom stereocenters. The molecule has 0 saturated heterocycles. The fourth-order valence-corrected chi connectivity index (χ4v) is 1.66. The molecular formula is C10H18. The van der Waals surface area contributed by atoms with E-state index in [1.165, 1.54) is 25.7 Å². The first-order chi connectivity index (χ1) is 4.64. The van der Waals surface area contributed by atoms with Crippen LogP contribution in [0, 0.1) is 11.3 Å². The minimum absolute atomic E-state index is 0.611. The van der Waals surface area contributed by atoms with Gasteiger partial charge < -0.3 is 0 Å². The SMILES string of the molecule is C=CC1CCC(C)(C)CC1.